The molecule has 1 aromatic carbocycles. The molecule has 25 heavy (non-hydrogen) atoms. The summed E-state index contributed by atoms with van der Waals surface area (Å²) in [6, 6.07) is 8.03. The van der Waals surface area contributed by atoms with Crippen LogP contribution in [0.15, 0.2) is 24.3 Å². The molecule has 5 nitrogen and oxygen atoms in total. The molecule has 3 aliphatic rings. The van der Waals surface area contributed by atoms with Gasteiger partial charge < -0.3 is 15.0 Å². The molecule has 1 aromatic rings. The average Bonchev–Trinajstić information content (AvgIpc) is 3.32. The van der Waals surface area contributed by atoms with E-state index in [1.807, 2.05) is 12.1 Å². The lowest BCUT2D eigenvalue weighted by Crippen LogP contribution is -2.54. The van der Waals surface area contributed by atoms with Crippen LogP contribution >= 0.6 is 0 Å². The third kappa shape index (κ3) is 3.30. The number of ether oxygens (including phenoxy) is 1. The van der Waals surface area contributed by atoms with Crippen molar-refractivity contribution in [1.29, 1.82) is 0 Å². The van der Waals surface area contributed by atoms with E-state index < -0.39 is 0 Å². The summed E-state index contributed by atoms with van der Waals surface area (Å²) in [5.41, 5.74) is 2.55. The summed E-state index contributed by atoms with van der Waals surface area (Å²) in [5.74, 6) is -0.00285. The molecule has 0 aromatic heterocycles. The molecule has 2 fully saturated rings. The third-order valence-corrected chi connectivity index (χ3v) is 5.74. The molecular formula is C20H26N2O3. The minimum absolute atomic E-state index is 0.00386. The second kappa shape index (κ2) is 7.16. The molecule has 2 heterocycles. The fraction of sp³-hybridized carbons (Fsp3) is 0.600. The fourth-order valence-corrected chi connectivity index (χ4v) is 4.40. The number of piperidine rings is 1. The molecule has 0 radical (unpaired) electrons. The Hall–Kier alpha value is -1.88. The normalized spacial score (nSPS) is 28.6. The van der Waals surface area contributed by atoms with Crippen molar-refractivity contribution in [3.63, 3.8) is 0 Å². The quantitative estimate of drug-likeness (QED) is 0.917. The van der Waals surface area contributed by atoms with E-state index in [2.05, 4.69) is 17.4 Å². The lowest BCUT2D eigenvalue weighted by atomic mass is 9.99. The monoisotopic (exact) mass is 342 g/mol. The number of carbonyl (C=O) groups is 2. The molecule has 1 N–H and O–H groups in total. The summed E-state index contributed by atoms with van der Waals surface area (Å²) in [5, 5.41) is 3.21. The zero-order valence-corrected chi connectivity index (χ0v) is 14.6. The number of amides is 2. The largest absolute Gasteiger partial charge is 0.368 e. The van der Waals surface area contributed by atoms with Crippen LogP contribution in [0.3, 0.4) is 0 Å². The van der Waals surface area contributed by atoms with Gasteiger partial charge in [0.25, 0.3) is 5.91 Å². The predicted octanol–water partition coefficient (Wildman–Crippen LogP) is 2.35. The Bertz CT molecular complexity index is 654. The van der Waals surface area contributed by atoms with E-state index in [4.69, 9.17) is 4.74 Å². The number of aryl methyl sites for hydroxylation is 1. The van der Waals surface area contributed by atoms with Crippen molar-refractivity contribution in [3.05, 3.63) is 35.4 Å². The zero-order chi connectivity index (χ0) is 17.2. The Morgan fingerprint density at radius 2 is 1.96 bits per heavy atom. The summed E-state index contributed by atoms with van der Waals surface area (Å²) in [4.78, 5) is 27.5. The third-order valence-electron chi connectivity index (χ3n) is 5.74. The summed E-state index contributed by atoms with van der Waals surface area (Å²) in [7, 11) is 0. The molecule has 2 saturated heterocycles. The highest BCUT2D eigenvalue weighted by atomic mass is 16.5. The highest BCUT2D eigenvalue weighted by molar-refractivity contribution is 5.90. The summed E-state index contributed by atoms with van der Waals surface area (Å²) in [6.45, 7) is 1.32. The molecule has 2 amide bonds. The van der Waals surface area contributed by atoms with Crippen LogP contribution < -0.4 is 5.32 Å². The number of likely N-dealkylation sites (tertiary alicyclic amines) is 1. The molecule has 2 aliphatic heterocycles. The van der Waals surface area contributed by atoms with Crippen LogP contribution in [0.5, 0.6) is 0 Å². The lowest BCUT2D eigenvalue weighted by Gasteiger charge is -2.36. The number of rotatable bonds is 3. The van der Waals surface area contributed by atoms with Gasteiger partial charge in [0.15, 0.2) is 0 Å². The number of carbonyl (C=O) groups excluding carboxylic acids is 2. The van der Waals surface area contributed by atoms with Crippen LogP contribution in [0.4, 0.5) is 0 Å². The number of hydrogen-bond donors (Lipinski definition) is 1. The van der Waals surface area contributed by atoms with Gasteiger partial charge in [-0.25, -0.2) is 0 Å². The van der Waals surface area contributed by atoms with Gasteiger partial charge in [-0.05, 0) is 56.1 Å². The molecule has 0 spiro atoms. The van der Waals surface area contributed by atoms with Gasteiger partial charge in [-0.1, -0.05) is 24.3 Å². The van der Waals surface area contributed by atoms with Crippen molar-refractivity contribution in [2.45, 2.75) is 63.1 Å². The molecule has 4 rings (SSSR count). The van der Waals surface area contributed by atoms with Crippen molar-refractivity contribution in [2.24, 2.45) is 0 Å². The van der Waals surface area contributed by atoms with Gasteiger partial charge in [0.2, 0.25) is 5.91 Å². The molecule has 0 unspecified atom stereocenters. The molecule has 1 aliphatic carbocycles. The minimum atomic E-state index is -0.349. The molecule has 0 saturated carbocycles. The van der Waals surface area contributed by atoms with Crippen LogP contribution in [0.2, 0.25) is 0 Å². The second-order valence-corrected chi connectivity index (χ2v) is 7.34. The molecule has 3 atom stereocenters. The van der Waals surface area contributed by atoms with Crippen molar-refractivity contribution in [2.75, 3.05) is 13.2 Å². The average molecular weight is 342 g/mol. The first-order chi connectivity index (χ1) is 12.2. The second-order valence-electron chi connectivity index (χ2n) is 7.34. The first kappa shape index (κ1) is 16.6. The number of fused-ring (bicyclic) bond motifs is 1. The highest BCUT2D eigenvalue weighted by Crippen LogP contribution is 2.31. The highest BCUT2D eigenvalue weighted by Gasteiger charge is 2.38. The van der Waals surface area contributed by atoms with E-state index in [1.54, 1.807) is 4.90 Å². The Morgan fingerprint density at radius 3 is 2.80 bits per heavy atom. The van der Waals surface area contributed by atoms with E-state index in [0.29, 0.717) is 13.2 Å². The first-order valence-electron chi connectivity index (χ1n) is 9.54. The number of benzene rings is 1. The molecule has 134 valence electrons. The molecule has 0 bridgehead atoms. The fourth-order valence-electron chi connectivity index (χ4n) is 4.40. The van der Waals surface area contributed by atoms with Crippen LogP contribution in [-0.4, -0.2) is 42.0 Å². The van der Waals surface area contributed by atoms with Gasteiger partial charge in [0.05, 0.1) is 6.04 Å². The maximum absolute atomic E-state index is 12.9. The smallest absolute Gasteiger partial charge is 0.252 e. The standard InChI is InChI=1S/C20H26N2O3/c23-19(21-16-11-10-14-6-1-2-7-15(14)16)17-8-3-4-12-22(17)20(24)18-9-5-13-25-18/h1-2,6-7,16-18H,3-5,8-13H2,(H,21,23)/t16-,17-,18+/m1/s1. The maximum Gasteiger partial charge on any atom is 0.252 e. The predicted molar refractivity (Wildman–Crippen MR) is 94.0 cm³/mol. The van der Waals surface area contributed by atoms with E-state index in [1.165, 1.54) is 11.1 Å². The SMILES string of the molecule is O=C(N[C@@H]1CCc2ccccc21)[C@H]1CCCCN1C(=O)[C@@H]1CCCO1. The van der Waals surface area contributed by atoms with Crippen LogP contribution in [-0.2, 0) is 20.7 Å². The van der Waals surface area contributed by atoms with Crippen LogP contribution in [0, 0.1) is 0 Å². The van der Waals surface area contributed by atoms with E-state index in [0.717, 1.165) is 44.9 Å². The summed E-state index contributed by atoms with van der Waals surface area (Å²) < 4.78 is 5.55. The van der Waals surface area contributed by atoms with Crippen molar-refractivity contribution < 1.29 is 14.3 Å². The topological polar surface area (TPSA) is 58.6 Å². The van der Waals surface area contributed by atoms with Gasteiger partial charge in [-0.3, -0.25) is 9.59 Å². The van der Waals surface area contributed by atoms with Crippen molar-refractivity contribution >= 4 is 11.8 Å². The van der Waals surface area contributed by atoms with Gasteiger partial charge in [0.1, 0.15) is 12.1 Å². The Kier molecular flexibility index (Phi) is 4.75. The van der Waals surface area contributed by atoms with E-state index >= 15 is 0 Å². The zero-order valence-electron chi connectivity index (χ0n) is 14.6. The number of nitrogens with one attached hydrogen (secondary N) is 1. The van der Waals surface area contributed by atoms with Crippen molar-refractivity contribution in [1.82, 2.24) is 10.2 Å². The summed E-state index contributed by atoms with van der Waals surface area (Å²) >= 11 is 0. The number of nitrogens with zero attached hydrogens (tertiary/aromatic N) is 1. The van der Waals surface area contributed by atoms with Gasteiger partial charge >= 0.3 is 0 Å². The maximum atomic E-state index is 12.9. The van der Waals surface area contributed by atoms with Crippen LogP contribution in [0.25, 0.3) is 0 Å². The summed E-state index contributed by atoms with van der Waals surface area (Å²) in [6.07, 6.45) is 6.02. The lowest BCUT2D eigenvalue weighted by molar-refractivity contribution is -0.149. The molecule has 5 heteroatoms. The molecular weight excluding hydrogens is 316 g/mol. The van der Waals surface area contributed by atoms with Crippen LogP contribution in [0.1, 0.15) is 55.7 Å². The Balaban J connectivity index is 1.45. The minimum Gasteiger partial charge on any atom is -0.368 e. The number of hydrogen-bond acceptors (Lipinski definition) is 3. The van der Waals surface area contributed by atoms with Gasteiger partial charge in [-0.15, -0.1) is 0 Å². The first-order valence-corrected chi connectivity index (χ1v) is 9.54. The Morgan fingerprint density at radius 1 is 1.08 bits per heavy atom. The van der Waals surface area contributed by atoms with Gasteiger partial charge in [0, 0.05) is 13.2 Å². The van der Waals surface area contributed by atoms with Crippen molar-refractivity contribution in [3.8, 4) is 0 Å². The van der Waals surface area contributed by atoms with E-state index in [9.17, 15) is 9.59 Å². The Labute approximate surface area is 148 Å². The van der Waals surface area contributed by atoms with E-state index in [-0.39, 0.29) is 30.0 Å². The van der Waals surface area contributed by atoms with Gasteiger partial charge in [-0.2, -0.15) is 0 Å².